The average Bonchev–Trinajstić information content (AvgIpc) is 2.60. The molecule has 2 aromatic rings. The van der Waals surface area contributed by atoms with Crippen LogP contribution < -0.4 is 10.1 Å². The van der Waals surface area contributed by atoms with Gasteiger partial charge in [0, 0.05) is 25.7 Å². The molecule has 2 atom stereocenters. The molecule has 3 rings (SSSR count). The van der Waals surface area contributed by atoms with E-state index in [0.29, 0.717) is 0 Å². The third kappa shape index (κ3) is 3.17. The molecule has 0 bridgehead atoms. The number of nitrogens with zero attached hydrogens (tertiary/aromatic N) is 1. The van der Waals surface area contributed by atoms with E-state index >= 15 is 0 Å². The second-order valence-electron chi connectivity index (χ2n) is 6.28. The maximum atomic E-state index is 12.8. The van der Waals surface area contributed by atoms with Crippen molar-refractivity contribution in [2.45, 2.75) is 25.8 Å². The highest BCUT2D eigenvalue weighted by atomic mass is 16.5. The highest BCUT2D eigenvalue weighted by Gasteiger charge is 2.27. The second-order valence-corrected chi connectivity index (χ2v) is 6.28. The van der Waals surface area contributed by atoms with Crippen LogP contribution in [0.15, 0.2) is 36.4 Å². The van der Waals surface area contributed by atoms with E-state index in [-0.39, 0.29) is 17.9 Å². The van der Waals surface area contributed by atoms with Gasteiger partial charge in [-0.1, -0.05) is 24.3 Å². The van der Waals surface area contributed by atoms with E-state index in [9.17, 15) is 4.79 Å². The van der Waals surface area contributed by atoms with Gasteiger partial charge in [-0.3, -0.25) is 4.79 Å². The van der Waals surface area contributed by atoms with Crippen molar-refractivity contribution in [3.05, 3.63) is 42.0 Å². The molecular weight excluding hydrogens is 288 g/mol. The fourth-order valence-electron chi connectivity index (χ4n) is 3.20. The molecule has 4 nitrogen and oxygen atoms in total. The summed E-state index contributed by atoms with van der Waals surface area (Å²) in [5.41, 5.74) is 1.07. The molecule has 0 radical (unpaired) electrons. The molecule has 23 heavy (non-hydrogen) atoms. The van der Waals surface area contributed by atoms with E-state index in [0.717, 1.165) is 41.7 Å². The summed E-state index contributed by atoms with van der Waals surface area (Å²) in [6, 6.07) is 12.5. The smallest absolute Gasteiger partial charge is 0.230 e. The summed E-state index contributed by atoms with van der Waals surface area (Å²) in [5, 5.41) is 5.59. The monoisotopic (exact) mass is 312 g/mol. The number of rotatable bonds is 3. The summed E-state index contributed by atoms with van der Waals surface area (Å²) in [7, 11) is 1.67. The number of amides is 1. The van der Waals surface area contributed by atoms with Gasteiger partial charge in [0.05, 0.1) is 13.0 Å². The Kier molecular flexibility index (Phi) is 4.53. The number of nitrogens with one attached hydrogen (secondary N) is 1. The first-order chi connectivity index (χ1) is 11.1. The van der Waals surface area contributed by atoms with Gasteiger partial charge in [-0.2, -0.15) is 0 Å². The Morgan fingerprint density at radius 1 is 1.26 bits per heavy atom. The standard InChI is InChI=1S/C19H24N2O2/c1-13-12-20-8-9-21(13)19(22)14(2)15-4-5-17-11-18(23-3)7-6-16(17)10-15/h4-7,10-11,13-14,20H,8-9,12H2,1-3H3/t13-,14?/m1/s1. The third-order valence-corrected chi connectivity index (χ3v) is 4.73. The van der Waals surface area contributed by atoms with Crippen LogP contribution in [-0.2, 0) is 4.79 Å². The molecule has 1 aliphatic rings. The van der Waals surface area contributed by atoms with E-state index in [4.69, 9.17) is 4.74 Å². The molecule has 2 aromatic carbocycles. The molecule has 1 N–H and O–H groups in total. The van der Waals surface area contributed by atoms with Crippen LogP contribution in [0.4, 0.5) is 0 Å². The van der Waals surface area contributed by atoms with Crippen LogP contribution in [0.5, 0.6) is 5.75 Å². The van der Waals surface area contributed by atoms with Gasteiger partial charge in [-0.05, 0) is 42.3 Å². The molecule has 1 aliphatic heterocycles. The fraction of sp³-hybridized carbons (Fsp3) is 0.421. The molecule has 4 heteroatoms. The second kappa shape index (κ2) is 6.59. The molecule has 0 spiro atoms. The number of hydrogen-bond donors (Lipinski definition) is 1. The van der Waals surface area contributed by atoms with E-state index in [1.54, 1.807) is 7.11 Å². The van der Waals surface area contributed by atoms with Crippen LogP contribution >= 0.6 is 0 Å². The lowest BCUT2D eigenvalue weighted by molar-refractivity contribution is -0.135. The van der Waals surface area contributed by atoms with Crippen molar-refractivity contribution in [3.63, 3.8) is 0 Å². The zero-order chi connectivity index (χ0) is 16.4. The first-order valence-electron chi connectivity index (χ1n) is 8.19. The predicted octanol–water partition coefficient (Wildman–Crippen LogP) is 2.77. The van der Waals surface area contributed by atoms with Crippen molar-refractivity contribution in [2.24, 2.45) is 0 Å². The zero-order valence-electron chi connectivity index (χ0n) is 14.0. The number of carbonyl (C=O) groups excluding carboxylic acids is 1. The largest absolute Gasteiger partial charge is 0.497 e. The van der Waals surface area contributed by atoms with Crippen molar-refractivity contribution in [3.8, 4) is 5.75 Å². The Hall–Kier alpha value is -2.07. The molecule has 1 unspecified atom stereocenters. The highest BCUT2D eigenvalue weighted by molar-refractivity contribution is 5.88. The Morgan fingerprint density at radius 2 is 2.00 bits per heavy atom. The zero-order valence-corrected chi connectivity index (χ0v) is 14.0. The number of ether oxygens (including phenoxy) is 1. The van der Waals surface area contributed by atoms with Crippen LogP contribution in [0.2, 0.25) is 0 Å². The van der Waals surface area contributed by atoms with Gasteiger partial charge >= 0.3 is 0 Å². The number of hydrogen-bond acceptors (Lipinski definition) is 3. The Balaban J connectivity index is 1.85. The van der Waals surface area contributed by atoms with Crippen molar-refractivity contribution >= 4 is 16.7 Å². The molecular formula is C19H24N2O2. The number of carbonyl (C=O) groups is 1. The average molecular weight is 312 g/mol. The van der Waals surface area contributed by atoms with Gasteiger partial charge in [0.25, 0.3) is 0 Å². The van der Waals surface area contributed by atoms with Crippen LogP contribution in [0.3, 0.4) is 0 Å². The minimum atomic E-state index is -0.123. The quantitative estimate of drug-likeness (QED) is 0.947. The minimum Gasteiger partial charge on any atom is -0.497 e. The van der Waals surface area contributed by atoms with Crippen molar-refractivity contribution < 1.29 is 9.53 Å². The molecule has 1 saturated heterocycles. The van der Waals surface area contributed by atoms with Crippen molar-refractivity contribution in [1.82, 2.24) is 10.2 Å². The number of piperazine rings is 1. The summed E-state index contributed by atoms with van der Waals surface area (Å²) in [4.78, 5) is 14.8. The first kappa shape index (κ1) is 15.8. The van der Waals surface area contributed by atoms with Crippen molar-refractivity contribution in [1.29, 1.82) is 0 Å². The van der Waals surface area contributed by atoms with Gasteiger partial charge in [0.1, 0.15) is 5.75 Å². The lowest BCUT2D eigenvalue weighted by atomic mass is 9.95. The fourth-order valence-corrected chi connectivity index (χ4v) is 3.20. The lowest BCUT2D eigenvalue weighted by Crippen LogP contribution is -2.53. The van der Waals surface area contributed by atoms with E-state index in [2.05, 4.69) is 30.4 Å². The minimum absolute atomic E-state index is 0.123. The van der Waals surface area contributed by atoms with Gasteiger partial charge in [-0.25, -0.2) is 0 Å². The lowest BCUT2D eigenvalue weighted by Gasteiger charge is -2.35. The van der Waals surface area contributed by atoms with Crippen LogP contribution in [0.1, 0.15) is 25.3 Å². The summed E-state index contributed by atoms with van der Waals surface area (Å²) < 4.78 is 5.26. The molecule has 1 amide bonds. The number of benzene rings is 2. The van der Waals surface area contributed by atoms with Gasteiger partial charge in [0.2, 0.25) is 5.91 Å². The van der Waals surface area contributed by atoms with Gasteiger partial charge in [-0.15, -0.1) is 0 Å². The number of fused-ring (bicyclic) bond motifs is 1. The topological polar surface area (TPSA) is 41.6 Å². The normalized spacial score (nSPS) is 19.6. The summed E-state index contributed by atoms with van der Waals surface area (Å²) in [6.07, 6.45) is 0. The van der Waals surface area contributed by atoms with Crippen molar-refractivity contribution in [2.75, 3.05) is 26.7 Å². The third-order valence-electron chi connectivity index (χ3n) is 4.73. The Morgan fingerprint density at radius 3 is 2.74 bits per heavy atom. The van der Waals surface area contributed by atoms with E-state index in [1.807, 2.05) is 30.0 Å². The molecule has 0 aliphatic carbocycles. The maximum Gasteiger partial charge on any atom is 0.230 e. The summed E-state index contributed by atoms with van der Waals surface area (Å²) in [6.45, 7) is 6.64. The number of methoxy groups -OCH3 is 1. The summed E-state index contributed by atoms with van der Waals surface area (Å²) in [5.74, 6) is 0.943. The van der Waals surface area contributed by atoms with Gasteiger partial charge < -0.3 is 15.0 Å². The molecule has 0 saturated carbocycles. The van der Waals surface area contributed by atoms with Crippen LogP contribution in [0, 0.1) is 0 Å². The maximum absolute atomic E-state index is 12.8. The Labute approximate surface area is 137 Å². The Bertz CT molecular complexity index is 714. The van der Waals surface area contributed by atoms with Crippen LogP contribution in [-0.4, -0.2) is 43.6 Å². The highest BCUT2D eigenvalue weighted by Crippen LogP contribution is 2.26. The summed E-state index contributed by atoms with van der Waals surface area (Å²) >= 11 is 0. The molecule has 1 heterocycles. The SMILES string of the molecule is COc1ccc2cc(C(C)C(=O)N3CCNC[C@H]3C)ccc2c1. The molecule has 0 aromatic heterocycles. The van der Waals surface area contributed by atoms with E-state index in [1.165, 1.54) is 0 Å². The first-order valence-corrected chi connectivity index (χ1v) is 8.19. The van der Waals surface area contributed by atoms with E-state index < -0.39 is 0 Å². The van der Waals surface area contributed by atoms with Gasteiger partial charge in [0.15, 0.2) is 0 Å². The molecule has 122 valence electrons. The molecule has 1 fully saturated rings. The predicted molar refractivity (Wildman–Crippen MR) is 93.0 cm³/mol. The van der Waals surface area contributed by atoms with Crippen LogP contribution in [0.25, 0.3) is 10.8 Å².